The lowest BCUT2D eigenvalue weighted by molar-refractivity contribution is 0.697. The van der Waals surface area contributed by atoms with E-state index >= 15 is 0 Å². The maximum Gasteiger partial charge on any atom is 0.191 e. The minimum atomic E-state index is 0.422. The number of aliphatic imine (C=N–C) groups is 1. The van der Waals surface area contributed by atoms with Crippen LogP contribution in [0.5, 0.6) is 0 Å². The highest BCUT2D eigenvalue weighted by atomic mass is 15.3. The fourth-order valence-corrected chi connectivity index (χ4v) is 2.81. The molecular weight excluding hydrogens is 298 g/mol. The Labute approximate surface area is 145 Å². The van der Waals surface area contributed by atoms with Crippen LogP contribution in [-0.4, -0.2) is 29.3 Å². The number of hydrogen-bond acceptors (Lipinski definition) is 2. The van der Waals surface area contributed by atoms with Crippen LogP contribution in [0.1, 0.15) is 40.9 Å². The summed E-state index contributed by atoms with van der Waals surface area (Å²) in [4.78, 5) is 4.32. The van der Waals surface area contributed by atoms with Crippen LogP contribution >= 0.6 is 0 Å². The van der Waals surface area contributed by atoms with Gasteiger partial charge < -0.3 is 10.6 Å². The third-order valence-corrected chi connectivity index (χ3v) is 4.50. The van der Waals surface area contributed by atoms with Crippen LogP contribution in [0.3, 0.4) is 0 Å². The molecule has 0 aliphatic rings. The monoisotopic (exact) mass is 327 g/mol. The Bertz CT molecular complexity index is 715. The molecule has 0 spiro atoms. The van der Waals surface area contributed by atoms with Gasteiger partial charge >= 0.3 is 0 Å². The van der Waals surface area contributed by atoms with Gasteiger partial charge in [-0.05, 0) is 32.3 Å². The summed E-state index contributed by atoms with van der Waals surface area (Å²) in [5.74, 6) is 1.24. The second-order valence-electron chi connectivity index (χ2n) is 6.39. The Morgan fingerprint density at radius 1 is 1.25 bits per heavy atom. The smallest absolute Gasteiger partial charge is 0.191 e. The molecule has 1 aromatic heterocycles. The molecule has 0 aliphatic carbocycles. The van der Waals surface area contributed by atoms with E-state index in [1.807, 2.05) is 18.7 Å². The van der Waals surface area contributed by atoms with Crippen molar-refractivity contribution < 1.29 is 0 Å². The molecule has 130 valence electrons. The molecular formula is C19H29N5. The van der Waals surface area contributed by atoms with E-state index in [4.69, 9.17) is 0 Å². The average Bonchev–Trinajstić information content (AvgIpc) is 2.80. The molecule has 2 rings (SSSR count). The Morgan fingerprint density at radius 2 is 2.00 bits per heavy atom. The minimum Gasteiger partial charge on any atom is -0.356 e. The number of nitrogens with one attached hydrogen (secondary N) is 2. The number of guanidine groups is 1. The zero-order chi connectivity index (χ0) is 17.7. The van der Waals surface area contributed by atoms with E-state index in [2.05, 4.69) is 65.8 Å². The molecule has 0 radical (unpaired) electrons. The minimum absolute atomic E-state index is 0.422. The summed E-state index contributed by atoms with van der Waals surface area (Å²) >= 11 is 0. The number of nitrogens with zero attached hydrogens (tertiary/aromatic N) is 3. The van der Waals surface area contributed by atoms with Crippen molar-refractivity contribution in [3.8, 4) is 0 Å². The van der Waals surface area contributed by atoms with Gasteiger partial charge in [-0.2, -0.15) is 5.10 Å². The van der Waals surface area contributed by atoms with Gasteiger partial charge in [0.15, 0.2) is 5.96 Å². The molecule has 5 heteroatoms. The molecule has 0 saturated heterocycles. The summed E-state index contributed by atoms with van der Waals surface area (Å²) in [6.45, 7) is 10.1. The normalized spacial score (nSPS) is 13.0. The molecule has 2 aromatic rings. The molecule has 1 unspecified atom stereocenters. The summed E-state index contributed by atoms with van der Waals surface area (Å²) in [5, 5.41) is 11.3. The predicted molar refractivity (Wildman–Crippen MR) is 100 cm³/mol. The standard InChI is InChI=1S/C19H29N5/c1-13-8-7-9-17(10-13)14(2)11-21-19(20-5)22-12-18-15(3)23-24(6)16(18)4/h7-10,14H,11-12H2,1-6H3,(H2,20,21,22). The van der Waals surface area contributed by atoms with E-state index in [0.29, 0.717) is 5.92 Å². The summed E-state index contributed by atoms with van der Waals surface area (Å²) in [7, 11) is 3.78. The van der Waals surface area contributed by atoms with Crippen LogP contribution in [0.4, 0.5) is 0 Å². The van der Waals surface area contributed by atoms with Crippen LogP contribution < -0.4 is 10.6 Å². The largest absolute Gasteiger partial charge is 0.356 e. The lowest BCUT2D eigenvalue weighted by Crippen LogP contribution is -2.38. The van der Waals surface area contributed by atoms with Crippen molar-refractivity contribution in [1.29, 1.82) is 0 Å². The van der Waals surface area contributed by atoms with Crippen molar-refractivity contribution in [2.75, 3.05) is 13.6 Å². The quantitative estimate of drug-likeness (QED) is 0.656. The van der Waals surface area contributed by atoms with Crippen LogP contribution in [0.25, 0.3) is 0 Å². The lowest BCUT2D eigenvalue weighted by atomic mass is 9.99. The van der Waals surface area contributed by atoms with E-state index in [9.17, 15) is 0 Å². The number of aromatic nitrogens is 2. The van der Waals surface area contributed by atoms with E-state index < -0.39 is 0 Å². The van der Waals surface area contributed by atoms with Gasteiger partial charge in [0, 0.05) is 38.4 Å². The third-order valence-electron chi connectivity index (χ3n) is 4.50. The zero-order valence-corrected chi connectivity index (χ0v) is 15.6. The van der Waals surface area contributed by atoms with Gasteiger partial charge in [0.25, 0.3) is 0 Å². The number of benzene rings is 1. The molecule has 5 nitrogen and oxygen atoms in total. The fraction of sp³-hybridized carbons (Fsp3) is 0.474. The SMILES string of the molecule is CN=C(NCc1c(C)nn(C)c1C)NCC(C)c1cccc(C)c1. The number of rotatable bonds is 5. The van der Waals surface area contributed by atoms with Gasteiger partial charge in [-0.3, -0.25) is 9.67 Å². The highest BCUT2D eigenvalue weighted by molar-refractivity contribution is 5.79. The molecule has 0 fully saturated rings. The highest BCUT2D eigenvalue weighted by Gasteiger charge is 2.11. The summed E-state index contributed by atoms with van der Waals surface area (Å²) in [6, 6.07) is 8.66. The van der Waals surface area contributed by atoms with Gasteiger partial charge in [0.2, 0.25) is 0 Å². The third kappa shape index (κ3) is 4.37. The van der Waals surface area contributed by atoms with Gasteiger partial charge in [-0.25, -0.2) is 0 Å². The maximum absolute atomic E-state index is 4.45. The Balaban J connectivity index is 1.91. The lowest BCUT2D eigenvalue weighted by Gasteiger charge is -2.17. The molecule has 1 atom stereocenters. The fourth-order valence-electron chi connectivity index (χ4n) is 2.81. The predicted octanol–water partition coefficient (Wildman–Crippen LogP) is 2.81. The molecule has 0 saturated carbocycles. The Kier molecular flexibility index (Phi) is 6.01. The van der Waals surface area contributed by atoms with E-state index in [0.717, 1.165) is 24.7 Å². The van der Waals surface area contributed by atoms with Crippen LogP contribution in [0.15, 0.2) is 29.3 Å². The second kappa shape index (κ2) is 7.99. The second-order valence-corrected chi connectivity index (χ2v) is 6.39. The molecule has 1 aromatic carbocycles. The number of aryl methyl sites for hydroxylation is 3. The molecule has 24 heavy (non-hydrogen) atoms. The first-order valence-electron chi connectivity index (χ1n) is 8.42. The summed E-state index contributed by atoms with van der Waals surface area (Å²) < 4.78 is 1.92. The summed E-state index contributed by atoms with van der Waals surface area (Å²) in [6.07, 6.45) is 0. The van der Waals surface area contributed by atoms with E-state index in [1.165, 1.54) is 22.4 Å². The molecule has 0 aliphatic heterocycles. The topological polar surface area (TPSA) is 54.2 Å². The van der Waals surface area contributed by atoms with E-state index in [1.54, 1.807) is 7.05 Å². The van der Waals surface area contributed by atoms with Crippen molar-refractivity contribution in [3.63, 3.8) is 0 Å². The maximum atomic E-state index is 4.45. The van der Waals surface area contributed by atoms with Crippen molar-refractivity contribution >= 4 is 5.96 Å². The Hall–Kier alpha value is -2.30. The van der Waals surface area contributed by atoms with Crippen molar-refractivity contribution in [1.82, 2.24) is 20.4 Å². The summed E-state index contributed by atoms with van der Waals surface area (Å²) in [5.41, 5.74) is 6.11. The van der Waals surface area contributed by atoms with E-state index in [-0.39, 0.29) is 0 Å². The zero-order valence-electron chi connectivity index (χ0n) is 15.6. The molecule has 0 amide bonds. The number of hydrogen-bond donors (Lipinski definition) is 2. The van der Waals surface area contributed by atoms with Crippen molar-refractivity contribution in [2.45, 2.75) is 40.2 Å². The van der Waals surface area contributed by atoms with Crippen molar-refractivity contribution in [2.24, 2.45) is 12.0 Å². The van der Waals surface area contributed by atoms with Gasteiger partial charge in [-0.15, -0.1) is 0 Å². The van der Waals surface area contributed by atoms with Gasteiger partial charge in [0.05, 0.1) is 5.69 Å². The first-order chi connectivity index (χ1) is 11.4. The first kappa shape index (κ1) is 18.0. The molecule has 2 N–H and O–H groups in total. The Morgan fingerprint density at radius 3 is 2.58 bits per heavy atom. The molecule has 0 bridgehead atoms. The average molecular weight is 327 g/mol. The highest BCUT2D eigenvalue weighted by Crippen LogP contribution is 2.15. The van der Waals surface area contributed by atoms with Gasteiger partial charge in [0.1, 0.15) is 0 Å². The van der Waals surface area contributed by atoms with Crippen LogP contribution in [0.2, 0.25) is 0 Å². The van der Waals surface area contributed by atoms with Crippen LogP contribution in [-0.2, 0) is 13.6 Å². The van der Waals surface area contributed by atoms with Crippen molar-refractivity contribution in [3.05, 3.63) is 52.3 Å². The van der Waals surface area contributed by atoms with Crippen LogP contribution in [0, 0.1) is 20.8 Å². The van der Waals surface area contributed by atoms with Gasteiger partial charge in [-0.1, -0.05) is 36.8 Å². The molecule has 1 heterocycles. The first-order valence-corrected chi connectivity index (χ1v) is 8.42.